The zero-order valence-corrected chi connectivity index (χ0v) is 35.4. The normalized spacial score (nSPS) is 15.9. The van der Waals surface area contributed by atoms with Gasteiger partial charge >= 0.3 is 11.9 Å². The molecule has 0 fully saturated rings. The van der Waals surface area contributed by atoms with Gasteiger partial charge in [-0.2, -0.15) is 0 Å². The van der Waals surface area contributed by atoms with E-state index in [1.807, 2.05) is 69.2 Å². The van der Waals surface area contributed by atoms with Gasteiger partial charge in [0.15, 0.2) is 5.69 Å². The quantitative estimate of drug-likeness (QED) is 0.123. The maximum Gasteiger partial charge on any atom is 0.362 e. The van der Waals surface area contributed by atoms with E-state index in [0.717, 1.165) is 6.42 Å². The first-order chi connectivity index (χ1) is 21.7. The summed E-state index contributed by atoms with van der Waals surface area (Å²) in [5.41, 5.74) is -3.19. The Bertz CT molecular complexity index is 1230. The summed E-state index contributed by atoms with van der Waals surface area (Å²) in [5, 5.41) is 8.76. The lowest BCUT2D eigenvalue weighted by Gasteiger charge is -2.42. The number of halogens is 1. The summed E-state index contributed by atoms with van der Waals surface area (Å²) >= 11 is 7.05. The molecule has 1 heterocycles. The second kappa shape index (κ2) is 16.3. The van der Waals surface area contributed by atoms with Crippen LogP contribution in [-0.2, 0) is 18.9 Å². The molecule has 0 aliphatic rings. The Morgan fingerprint density at radius 2 is 1.12 bits per heavy atom. The third-order valence-electron chi connectivity index (χ3n) is 8.89. The summed E-state index contributed by atoms with van der Waals surface area (Å²) in [5.74, 6) is -1.28. The van der Waals surface area contributed by atoms with Crippen LogP contribution < -0.4 is 0 Å². The molecule has 286 valence electrons. The number of nitrogens with zero attached hydrogens (tertiary/aromatic N) is 3. The number of ether oxygens (including phenoxy) is 4. The number of esters is 2. The first-order valence-corrected chi connectivity index (χ1v) is 18.4. The summed E-state index contributed by atoms with van der Waals surface area (Å²) < 4.78 is 25.5. The monoisotopic (exact) mass is 714 g/mol. The van der Waals surface area contributed by atoms with Gasteiger partial charge in [-0.15, -0.1) is 16.7 Å². The van der Waals surface area contributed by atoms with Crippen LogP contribution in [0.4, 0.5) is 0 Å². The van der Waals surface area contributed by atoms with E-state index < -0.39 is 23.1 Å². The first-order valence-electron chi connectivity index (χ1n) is 18.0. The van der Waals surface area contributed by atoms with E-state index in [0.29, 0.717) is 32.5 Å². The zero-order valence-electron chi connectivity index (χ0n) is 34.6. The van der Waals surface area contributed by atoms with Crippen LogP contribution in [0.15, 0.2) is 0 Å². The van der Waals surface area contributed by atoms with Crippen molar-refractivity contribution in [1.29, 1.82) is 0 Å². The number of carbonyl (C=O) groups excluding carboxylic acids is 2. The minimum Gasteiger partial charge on any atom is -0.455 e. The Labute approximate surface area is 304 Å². The largest absolute Gasteiger partial charge is 0.455 e. The molecule has 3 unspecified atom stereocenters. The van der Waals surface area contributed by atoms with Crippen molar-refractivity contribution in [2.75, 3.05) is 13.2 Å². The van der Waals surface area contributed by atoms with Crippen LogP contribution in [0, 0.1) is 22.2 Å². The van der Waals surface area contributed by atoms with Crippen LogP contribution in [0.25, 0.3) is 0 Å². The van der Waals surface area contributed by atoms with Crippen molar-refractivity contribution in [2.24, 2.45) is 22.2 Å². The minimum atomic E-state index is -0.897. The number of rotatable bonds is 16. The molecule has 0 aromatic carbocycles. The van der Waals surface area contributed by atoms with E-state index in [1.54, 1.807) is 4.68 Å². The average Bonchev–Trinajstić information content (AvgIpc) is 3.27. The lowest BCUT2D eigenvalue weighted by molar-refractivity contribution is -0.0508. The van der Waals surface area contributed by atoms with Crippen molar-refractivity contribution in [3.63, 3.8) is 0 Å². The maximum atomic E-state index is 14.3. The molecule has 3 atom stereocenters. The minimum absolute atomic E-state index is 0.0166. The molecule has 49 heavy (non-hydrogen) atoms. The van der Waals surface area contributed by atoms with Crippen molar-refractivity contribution in [2.45, 2.75) is 191 Å². The number of carbonyl (C=O) groups is 2. The van der Waals surface area contributed by atoms with Crippen LogP contribution in [-0.4, -0.2) is 67.9 Å². The summed E-state index contributed by atoms with van der Waals surface area (Å²) in [6.45, 7) is 39.5. The molecule has 0 aliphatic heterocycles. The molecular weight excluding hydrogens is 642 g/mol. The van der Waals surface area contributed by atoms with Gasteiger partial charge in [0.1, 0.15) is 11.2 Å². The average molecular weight is 714 g/mol. The number of aromatic nitrogens is 3. The standard InChI is InChI=1S/C39H72ClN3O6/c1-26(27(40)24-33(2,3)4)37(14,15)25-28(34(5,6)7)43-30(32(45)49-39(18,19)21-23-47-36(11,12)13)29(41-42-43)31(44)48-38(16,17)20-22-46-35(8,9)10/h26-28H,20-25H2,1-19H3. The molecular formula is C39H72ClN3O6. The third kappa shape index (κ3) is 16.0. The molecule has 0 saturated carbocycles. The molecule has 0 aliphatic carbocycles. The van der Waals surface area contributed by atoms with Crippen molar-refractivity contribution in [3.8, 4) is 0 Å². The van der Waals surface area contributed by atoms with Crippen LogP contribution >= 0.6 is 11.6 Å². The number of alkyl halides is 1. The van der Waals surface area contributed by atoms with Gasteiger partial charge < -0.3 is 18.9 Å². The molecule has 0 spiro atoms. The highest BCUT2D eigenvalue weighted by atomic mass is 35.5. The van der Waals surface area contributed by atoms with Crippen LogP contribution in [0.2, 0.25) is 0 Å². The van der Waals surface area contributed by atoms with Gasteiger partial charge in [0.2, 0.25) is 5.69 Å². The predicted octanol–water partition coefficient (Wildman–Crippen LogP) is 10.2. The molecule has 0 N–H and O–H groups in total. The van der Waals surface area contributed by atoms with Crippen LogP contribution in [0.1, 0.15) is 184 Å². The molecule has 9 nitrogen and oxygen atoms in total. The molecule has 0 saturated heterocycles. The Balaban J connectivity index is 3.66. The van der Waals surface area contributed by atoms with Crippen LogP contribution in [0.5, 0.6) is 0 Å². The van der Waals surface area contributed by atoms with Gasteiger partial charge in [-0.25, -0.2) is 14.3 Å². The van der Waals surface area contributed by atoms with Crippen molar-refractivity contribution in [3.05, 3.63) is 11.4 Å². The van der Waals surface area contributed by atoms with E-state index in [-0.39, 0.29) is 56.2 Å². The van der Waals surface area contributed by atoms with Crippen molar-refractivity contribution in [1.82, 2.24) is 15.0 Å². The SMILES string of the molecule is CC(C(Cl)CC(C)(C)C)C(C)(C)CC(n1nnc(C(=O)OC(C)(C)CCOC(C)(C)C)c1C(=O)OC(C)(C)CCOC(C)(C)C)C(C)(C)C. The molecule has 0 bridgehead atoms. The highest BCUT2D eigenvalue weighted by molar-refractivity contribution is 6.20. The fraction of sp³-hybridized carbons (Fsp3) is 0.897. The Morgan fingerprint density at radius 3 is 1.51 bits per heavy atom. The summed E-state index contributed by atoms with van der Waals surface area (Å²) in [6, 6.07) is -0.333. The molecule has 10 heteroatoms. The fourth-order valence-electron chi connectivity index (χ4n) is 5.44. The number of hydrogen-bond acceptors (Lipinski definition) is 8. The first kappa shape index (κ1) is 45.3. The zero-order chi connectivity index (χ0) is 38.6. The summed E-state index contributed by atoms with van der Waals surface area (Å²) in [4.78, 5) is 28.1. The second-order valence-electron chi connectivity index (χ2n) is 20.1. The van der Waals surface area contributed by atoms with E-state index in [4.69, 9.17) is 30.5 Å². The topological polar surface area (TPSA) is 102 Å². The lowest BCUT2D eigenvalue weighted by atomic mass is 9.68. The molecule has 1 aromatic rings. The van der Waals surface area contributed by atoms with Crippen LogP contribution in [0.3, 0.4) is 0 Å². The molecule has 1 rings (SSSR count). The summed E-state index contributed by atoms with van der Waals surface area (Å²) in [7, 11) is 0. The Hall–Kier alpha value is -1.71. The van der Waals surface area contributed by atoms with Gasteiger partial charge in [0, 0.05) is 18.2 Å². The Kier molecular flexibility index (Phi) is 15.1. The number of hydrogen-bond donors (Lipinski definition) is 0. The molecule has 1 aromatic heterocycles. The van der Waals surface area contributed by atoms with Crippen molar-refractivity contribution >= 4 is 23.5 Å². The highest BCUT2D eigenvalue weighted by Crippen LogP contribution is 2.47. The van der Waals surface area contributed by atoms with E-state index >= 15 is 0 Å². The van der Waals surface area contributed by atoms with Gasteiger partial charge in [-0.3, -0.25) is 0 Å². The smallest absolute Gasteiger partial charge is 0.362 e. The fourth-order valence-corrected chi connectivity index (χ4v) is 6.25. The lowest BCUT2D eigenvalue weighted by Crippen LogP contribution is -2.39. The summed E-state index contributed by atoms with van der Waals surface area (Å²) in [6.07, 6.45) is 2.40. The van der Waals surface area contributed by atoms with Gasteiger partial charge in [-0.05, 0) is 104 Å². The van der Waals surface area contributed by atoms with Gasteiger partial charge in [-0.1, -0.05) is 67.5 Å². The second-order valence-corrected chi connectivity index (χ2v) is 20.7. The van der Waals surface area contributed by atoms with Crippen molar-refractivity contribution < 1.29 is 28.5 Å². The third-order valence-corrected chi connectivity index (χ3v) is 9.43. The predicted molar refractivity (Wildman–Crippen MR) is 199 cm³/mol. The Morgan fingerprint density at radius 1 is 0.694 bits per heavy atom. The van der Waals surface area contributed by atoms with E-state index in [9.17, 15) is 9.59 Å². The molecule has 0 amide bonds. The molecule has 0 radical (unpaired) electrons. The van der Waals surface area contributed by atoms with E-state index in [1.165, 1.54) is 0 Å². The highest BCUT2D eigenvalue weighted by Gasteiger charge is 2.43. The maximum absolute atomic E-state index is 14.3. The van der Waals surface area contributed by atoms with E-state index in [2.05, 4.69) is 72.6 Å². The van der Waals surface area contributed by atoms with Gasteiger partial charge in [0.25, 0.3) is 0 Å². The van der Waals surface area contributed by atoms with Gasteiger partial charge in [0.05, 0.1) is 30.5 Å².